The van der Waals surface area contributed by atoms with Gasteiger partial charge in [0.15, 0.2) is 4.33 Å². The summed E-state index contributed by atoms with van der Waals surface area (Å²) in [5, 5.41) is 0.378. The molecule has 1 unspecified atom stereocenters. The lowest BCUT2D eigenvalue weighted by atomic mass is 10.0. The van der Waals surface area contributed by atoms with Crippen LogP contribution in [0.25, 0.3) is 0 Å². The quantitative estimate of drug-likeness (QED) is 0.573. The molecule has 0 spiro atoms. The third kappa shape index (κ3) is 1.14. The number of halogens is 6. The molecule has 0 saturated heterocycles. The largest absolute Gasteiger partial charge is 0.175 e. The van der Waals surface area contributed by atoms with Crippen molar-refractivity contribution in [2.24, 2.45) is 0 Å². The van der Waals surface area contributed by atoms with Crippen molar-refractivity contribution in [2.75, 3.05) is 0 Å². The van der Waals surface area contributed by atoms with Crippen LogP contribution in [-0.2, 0) is 0 Å². The van der Waals surface area contributed by atoms with E-state index in [-0.39, 0.29) is 0 Å². The molecule has 0 heterocycles. The van der Waals surface area contributed by atoms with Gasteiger partial charge in [-0.05, 0) is 12.0 Å². The van der Waals surface area contributed by atoms with Crippen molar-refractivity contribution in [1.82, 2.24) is 0 Å². The molecule has 0 aromatic rings. The number of alkyl halides is 5. The van der Waals surface area contributed by atoms with Gasteiger partial charge in [-0.3, -0.25) is 0 Å². The van der Waals surface area contributed by atoms with E-state index in [0.29, 0.717) is 17.9 Å². The van der Waals surface area contributed by atoms with Gasteiger partial charge < -0.3 is 0 Å². The molecule has 0 aromatic carbocycles. The van der Waals surface area contributed by atoms with Gasteiger partial charge in [-0.2, -0.15) is 0 Å². The molecule has 2 bridgehead atoms. The van der Waals surface area contributed by atoms with E-state index in [0.717, 1.165) is 5.57 Å². The molecule has 1 atom stereocenters. The average Bonchev–Trinajstić information content (AvgIpc) is 2.29. The lowest BCUT2D eigenvalue weighted by Crippen LogP contribution is -2.50. The fourth-order valence-corrected chi connectivity index (χ4v) is 4.11. The average molecular weight is 301 g/mol. The van der Waals surface area contributed by atoms with E-state index in [1.807, 2.05) is 0 Å². The maximum atomic E-state index is 6.22. The van der Waals surface area contributed by atoms with Gasteiger partial charge in [0.25, 0.3) is 0 Å². The molecule has 6 heteroatoms. The Kier molecular flexibility index (Phi) is 2.35. The standard InChI is InChI=1S/C7H4Cl6/c8-4-3-1-5(9,7(4,12)13)6(10,11)2-3/h1-2H2. The Morgan fingerprint density at radius 3 is 1.77 bits per heavy atom. The number of fused-ring (bicyclic) bond motifs is 2. The van der Waals surface area contributed by atoms with E-state index in [9.17, 15) is 0 Å². The van der Waals surface area contributed by atoms with Gasteiger partial charge in [-0.25, -0.2) is 0 Å². The minimum Gasteiger partial charge on any atom is -0.112 e. The second-order valence-corrected chi connectivity index (χ2v) is 7.19. The van der Waals surface area contributed by atoms with Gasteiger partial charge in [0.2, 0.25) is 0 Å². The first-order valence-electron chi connectivity index (χ1n) is 3.55. The Morgan fingerprint density at radius 1 is 0.923 bits per heavy atom. The van der Waals surface area contributed by atoms with E-state index in [1.165, 1.54) is 0 Å². The molecule has 0 aromatic heterocycles. The fourth-order valence-electron chi connectivity index (χ4n) is 1.79. The van der Waals surface area contributed by atoms with Gasteiger partial charge in [0, 0.05) is 6.42 Å². The first kappa shape index (κ1) is 11.0. The van der Waals surface area contributed by atoms with Crippen molar-refractivity contribution in [3.8, 4) is 0 Å². The van der Waals surface area contributed by atoms with Crippen molar-refractivity contribution in [3.05, 3.63) is 10.6 Å². The van der Waals surface area contributed by atoms with Crippen molar-refractivity contribution >= 4 is 69.6 Å². The zero-order valence-corrected chi connectivity index (χ0v) is 10.7. The van der Waals surface area contributed by atoms with Crippen LogP contribution in [0, 0.1) is 0 Å². The number of rotatable bonds is 0. The smallest absolute Gasteiger partial charge is 0.112 e. The zero-order valence-electron chi connectivity index (χ0n) is 6.18. The molecule has 13 heavy (non-hydrogen) atoms. The van der Waals surface area contributed by atoms with Crippen molar-refractivity contribution in [1.29, 1.82) is 0 Å². The predicted octanol–water partition coefficient (Wildman–Crippen LogP) is 4.61. The summed E-state index contributed by atoms with van der Waals surface area (Å²) in [4.78, 5) is -1.10. The Hall–Kier alpha value is 1.48. The van der Waals surface area contributed by atoms with Crippen LogP contribution in [0.3, 0.4) is 0 Å². The Morgan fingerprint density at radius 2 is 1.46 bits per heavy atom. The summed E-state index contributed by atoms with van der Waals surface area (Å²) in [5.74, 6) is 0. The molecular weight excluding hydrogens is 297 g/mol. The molecule has 0 aliphatic heterocycles. The number of allylic oxidation sites excluding steroid dienone is 2. The molecule has 0 amide bonds. The molecular formula is C7H4Cl6. The molecule has 1 fully saturated rings. The Balaban J connectivity index is 2.59. The van der Waals surface area contributed by atoms with Crippen LogP contribution in [0.4, 0.5) is 0 Å². The highest BCUT2D eigenvalue weighted by Crippen LogP contribution is 2.70. The summed E-state index contributed by atoms with van der Waals surface area (Å²) in [7, 11) is 0. The van der Waals surface area contributed by atoms with Crippen LogP contribution < -0.4 is 0 Å². The van der Waals surface area contributed by atoms with Gasteiger partial charge >= 0.3 is 0 Å². The first-order valence-corrected chi connectivity index (χ1v) is 5.82. The summed E-state index contributed by atoms with van der Waals surface area (Å²) < 4.78 is -2.50. The summed E-state index contributed by atoms with van der Waals surface area (Å²) in [6.07, 6.45) is 0.882. The lowest BCUT2D eigenvalue weighted by molar-refractivity contribution is 0.555. The fraction of sp³-hybridized carbons (Fsp3) is 0.714. The lowest BCUT2D eigenvalue weighted by Gasteiger charge is -2.40. The van der Waals surface area contributed by atoms with Crippen LogP contribution in [0.15, 0.2) is 10.6 Å². The summed E-state index contributed by atoms with van der Waals surface area (Å²) >= 11 is 36.2. The second-order valence-electron chi connectivity index (χ2n) is 3.35. The third-order valence-electron chi connectivity index (χ3n) is 2.56. The SMILES string of the molecule is ClC1=C2CC(Cl)(Cl)C(Cl)(C2)C1(Cl)Cl. The van der Waals surface area contributed by atoms with E-state index >= 15 is 0 Å². The van der Waals surface area contributed by atoms with Gasteiger partial charge in [0.1, 0.15) is 9.21 Å². The molecule has 74 valence electrons. The maximum absolute atomic E-state index is 6.22. The first-order chi connectivity index (χ1) is 5.72. The van der Waals surface area contributed by atoms with Crippen LogP contribution in [-0.4, -0.2) is 13.5 Å². The minimum atomic E-state index is -1.37. The normalized spacial score (nSPS) is 40.2. The molecule has 2 aliphatic rings. The third-order valence-corrected chi connectivity index (χ3v) is 6.36. The summed E-state index contributed by atoms with van der Waals surface area (Å²) in [6.45, 7) is 0. The maximum Gasteiger partial charge on any atom is 0.175 e. The van der Waals surface area contributed by atoms with E-state index in [2.05, 4.69) is 0 Å². The highest BCUT2D eigenvalue weighted by Gasteiger charge is 2.71. The molecule has 0 nitrogen and oxygen atoms in total. The highest BCUT2D eigenvalue weighted by atomic mass is 35.5. The predicted molar refractivity (Wildman–Crippen MR) is 59.6 cm³/mol. The summed E-state index contributed by atoms with van der Waals surface area (Å²) in [6, 6.07) is 0. The van der Waals surface area contributed by atoms with Crippen LogP contribution in [0.1, 0.15) is 12.8 Å². The highest BCUT2D eigenvalue weighted by molar-refractivity contribution is 6.65. The van der Waals surface area contributed by atoms with E-state index in [1.54, 1.807) is 0 Å². The monoisotopic (exact) mass is 298 g/mol. The van der Waals surface area contributed by atoms with Gasteiger partial charge in [-0.1, -0.05) is 58.0 Å². The van der Waals surface area contributed by atoms with Crippen molar-refractivity contribution < 1.29 is 0 Å². The second kappa shape index (κ2) is 2.78. The molecule has 2 rings (SSSR count). The molecule has 1 saturated carbocycles. The van der Waals surface area contributed by atoms with Crippen molar-refractivity contribution in [2.45, 2.75) is 26.4 Å². The number of hydrogen-bond acceptors (Lipinski definition) is 0. The number of hydrogen-bond donors (Lipinski definition) is 0. The van der Waals surface area contributed by atoms with Crippen molar-refractivity contribution in [3.63, 3.8) is 0 Å². The molecule has 0 radical (unpaired) electrons. The Bertz CT molecular complexity index is 304. The zero-order chi connectivity index (χ0) is 10.1. The molecule has 0 N–H and O–H groups in total. The Labute approximate surface area is 106 Å². The van der Waals surface area contributed by atoms with Crippen LogP contribution in [0.5, 0.6) is 0 Å². The topological polar surface area (TPSA) is 0 Å². The van der Waals surface area contributed by atoms with E-state index < -0.39 is 13.5 Å². The summed E-state index contributed by atoms with van der Waals surface area (Å²) in [5.41, 5.74) is 0.853. The van der Waals surface area contributed by atoms with Gasteiger partial charge in [0.05, 0.1) is 5.03 Å². The molecule has 2 aliphatic carbocycles. The minimum absolute atomic E-state index is 0.378. The van der Waals surface area contributed by atoms with Crippen LogP contribution >= 0.6 is 69.6 Å². The van der Waals surface area contributed by atoms with Crippen LogP contribution in [0.2, 0.25) is 0 Å². The van der Waals surface area contributed by atoms with E-state index in [4.69, 9.17) is 69.6 Å². The van der Waals surface area contributed by atoms with Gasteiger partial charge in [-0.15, -0.1) is 11.6 Å².